The molecule has 39 heavy (non-hydrogen) atoms. The van der Waals surface area contributed by atoms with Crippen LogP contribution in [0.25, 0.3) is 0 Å². The molecule has 10 heteroatoms. The topological polar surface area (TPSA) is 79.4 Å². The lowest BCUT2D eigenvalue weighted by Crippen LogP contribution is -2.55. The number of piperazine rings is 1. The molecule has 1 aliphatic carbocycles. The third-order valence-corrected chi connectivity index (χ3v) is 10.1. The third kappa shape index (κ3) is 6.39. The predicted octanol–water partition coefficient (Wildman–Crippen LogP) is 4.67. The maximum atomic E-state index is 14.2. The second-order valence-corrected chi connectivity index (χ2v) is 12.8. The minimum atomic E-state index is -4.00. The molecule has 3 fully saturated rings. The number of sulfonamides is 1. The quantitative estimate of drug-likeness (QED) is 0.468. The maximum Gasteiger partial charge on any atom is 0.410 e. The lowest BCUT2D eigenvalue weighted by molar-refractivity contribution is 0.0318. The van der Waals surface area contributed by atoms with E-state index < -0.39 is 34.0 Å². The summed E-state index contributed by atoms with van der Waals surface area (Å²) in [6, 6.07) is 11.2. The number of hydrogen-bond acceptors (Lipinski definition) is 6. The van der Waals surface area contributed by atoms with E-state index in [-0.39, 0.29) is 17.5 Å². The van der Waals surface area contributed by atoms with Crippen LogP contribution < -0.4 is 4.74 Å². The number of carbonyl (C=O) groups excluding carboxylic acids is 1. The molecule has 212 valence electrons. The van der Waals surface area contributed by atoms with Crippen LogP contribution >= 0.6 is 0 Å². The molecule has 0 N–H and O–H groups in total. The van der Waals surface area contributed by atoms with Crippen molar-refractivity contribution in [2.45, 2.75) is 62.0 Å². The van der Waals surface area contributed by atoms with Crippen LogP contribution in [0.3, 0.4) is 0 Å². The first-order chi connectivity index (χ1) is 18.8. The molecule has 8 nitrogen and oxygen atoms in total. The number of rotatable bonds is 8. The molecule has 3 atom stereocenters. The Bertz CT molecular complexity index is 1250. The molecule has 5 rings (SSSR count). The molecular weight excluding hydrogens is 521 g/mol. The summed E-state index contributed by atoms with van der Waals surface area (Å²) in [4.78, 5) is 17.4. The molecule has 0 spiro atoms. The Morgan fingerprint density at radius 3 is 2.49 bits per heavy atom. The highest BCUT2D eigenvalue weighted by Crippen LogP contribution is 2.39. The van der Waals surface area contributed by atoms with Crippen LogP contribution in [0.4, 0.5) is 9.18 Å². The van der Waals surface area contributed by atoms with E-state index in [2.05, 4.69) is 4.90 Å². The lowest BCUT2D eigenvalue weighted by atomic mass is 9.93. The van der Waals surface area contributed by atoms with Gasteiger partial charge in [-0.3, -0.25) is 4.90 Å². The molecule has 0 radical (unpaired) electrons. The third-order valence-electron chi connectivity index (χ3n) is 8.11. The molecule has 0 bridgehead atoms. The minimum absolute atomic E-state index is 0.0236. The van der Waals surface area contributed by atoms with Gasteiger partial charge in [0, 0.05) is 32.2 Å². The van der Waals surface area contributed by atoms with Gasteiger partial charge in [-0.15, -0.1) is 0 Å². The van der Waals surface area contributed by atoms with Crippen LogP contribution in [0.5, 0.6) is 5.75 Å². The largest absolute Gasteiger partial charge is 0.497 e. The van der Waals surface area contributed by atoms with Crippen LogP contribution in [-0.2, 0) is 14.8 Å². The zero-order valence-corrected chi connectivity index (χ0v) is 23.5. The molecule has 2 aliphatic heterocycles. The number of amides is 1. The molecule has 0 unspecified atom stereocenters. The fourth-order valence-electron chi connectivity index (χ4n) is 5.86. The number of carbonyl (C=O) groups is 1. The van der Waals surface area contributed by atoms with Gasteiger partial charge in [0.1, 0.15) is 18.2 Å². The summed E-state index contributed by atoms with van der Waals surface area (Å²) >= 11 is 0. The molecule has 2 aromatic carbocycles. The summed E-state index contributed by atoms with van der Waals surface area (Å²) in [5.41, 5.74) is 0.587. The lowest BCUT2D eigenvalue weighted by Gasteiger charge is -2.42. The van der Waals surface area contributed by atoms with Crippen molar-refractivity contribution in [3.63, 3.8) is 0 Å². The molecule has 1 amide bonds. The van der Waals surface area contributed by atoms with Gasteiger partial charge in [0.2, 0.25) is 10.0 Å². The fraction of sp³-hybridized carbons (Fsp3) is 0.552. The normalized spacial score (nSPS) is 24.9. The average molecular weight is 560 g/mol. The average Bonchev–Trinajstić information content (AvgIpc) is 3.75. The highest BCUT2D eigenvalue weighted by molar-refractivity contribution is 7.89. The van der Waals surface area contributed by atoms with Crippen molar-refractivity contribution in [2.24, 2.45) is 5.92 Å². The maximum absolute atomic E-state index is 14.2. The molecule has 2 aromatic rings. The van der Waals surface area contributed by atoms with E-state index in [4.69, 9.17) is 9.47 Å². The molecule has 3 aliphatic rings. The number of ether oxygens (including phenoxy) is 2. The summed E-state index contributed by atoms with van der Waals surface area (Å²) in [6.45, 7) is 5.29. The van der Waals surface area contributed by atoms with Gasteiger partial charge in [0.25, 0.3) is 0 Å². The smallest absolute Gasteiger partial charge is 0.410 e. The first kappa shape index (κ1) is 27.9. The van der Waals surface area contributed by atoms with Crippen molar-refractivity contribution in [2.75, 3.05) is 39.9 Å². The number of hydrogen-bond donors (Lipinski definition) is 0. The van der Waals surface area contributed by atoms with E-state index in [1.807, 2.05) is 6.92 Å². The van der Waals surface area contributed by atoms with E-state index in [1.54, 1.807) is 29.2 Å². The SMILES string of the molecule is COc1ccc(S(=O)(=O)N2[C@@H](COC(=O)N3CCN(CC4CC4)C[C@@H]3C)CCC[C@H]2c2cccc(F)c2)cc1. The first-order valence-electron chi connectivity index (χ1n) is 13.8. The summed E-state index contributed by atoms with van der Waals surface area (Å²) in [7, 11) is -2.48. The Kier molecular flexibility index (Phi) is 8.44. The van der Waals surface area contributed by atoms with E-state index in [0.717, 1.165) is 32.0 Å². The van der Waals surface area contributed by atoms with E-state index in [0.29, 0.717) is 30.7 Å². The van der Waals surface area contributed by atoms with E-state index >= 15 is 0 Å². The van der Waals surface area contributed by atoms with Gasteiger partial charge in [-0.1, -0.05) is 12.1 Å². The van der Waals surface area contributed by atoms with Crippen LogP contribution in [0.1, 0.15) is 50.6 Å². The number of benzene rings is 2. The highest BCUT2D eigenvalue weighted by Gasteiger charge is 2.42. The number of methoxy groups -OCH3 is 1. The number of halogens is 1. The van der Waals surface area contributed by atoms with Crippen molar-refractivity contribution in [1.29, 1.82) is 0 Å². The number of piperidine rings is 1. The van der Waals surface area contributed by atoms with Gasteiger partial charge in [-0.2, -0.15) is 4.31 Å². The monoisotopic (exact) mass is 559 g/mol. The molecule has 1 saturated carbocycles. The first-order valence-corrected chi connectivity index (χ1v) is 15.3. The molecule has 0 aromatic heterocycles. The zero-order valence-electron chi connectivity index (χ0n) is 22.7. The standard InChI is InChI=1S/C29H38FN3O5S/c1-21-18-31(19-22-9-10-22)15-16-32(21)29(34)38-20-25-7-4-8-28(23-5-3-6-24(30)17-23)33(25)39(35,36)27-13-11-26(37-2)12-14-27/h3,5-6,11-14,17,21-22,25,28H,4,7-10,15-16,18-20H2,1-2H3/t21-,25+,28-/m0/s1. The van der Waals surface area contributed by atoms with Gasteiger partial charge in [0.15, 0.2) is 0 Å². The Hall–Kier alpha value is -2.69. The van der Waals surface area contributed by atoms with Crippen molar-refractivity contribution < 1.29 is 27.1 Å². The van der Waals surface area contributed by atoms with Crippen molar-refractivity contribution in [3.05, 3.63) is 59.9 Å². The molecule has 2 saturated heterocycles. The Balaban J connectivity index is 1.34. The van der Waals surface area contributed by atoms with Gasteiger partial charge >= 0.3 is 6.09 Å². The van der Waals surface area contributed by atoms with Crippen molar-refractivity contribution in [3.8, 4) is 5.75 Å². The van der Waals surface area contributed by atoms with Gasteiger partial charge in [-0.05, 0) is 86.9 Å². The van der Waals surface area contributed by atoms with Gasteiger partial charge in [-0.25, -0.2) is 17.6 Å². The minimum Gasteiger partial charge on any atom is -0.497 e. The van der Waals surface area contributed by atoms with Crippen molar-refractivity contribution in [1.82, 2.24) is 14.1 Å². The predicted molar refractivity (Wildman–Crippen MR) is 145 cm³/mol. The van der Waals surface area contributed by atoms with Crippen LogP contribution in [-0.4, -0.2) is 80.6 Å². The van der Waals surface area contributed by atoms with Crippen molar-refractivity contribution >= 4 is 16.1 Å². The fourth-order valence-corrected chi connectivity index (χ4v) is 7.70. The van der Waals surface area contributed by atoms with Crippen LogP contribution in [0, 0.1) is 11.7 Å². The van der Waals surface area contributed by atoms with E-state index in [1.165, 1.54) is 48.5 Å². The van der Waals surface area contributed by atoms with Gasteiger partial charge in [0.05, 0.1) is 24.1 Å². The van der Waals surface area contributed by atoms with Crippen LogP contribution in [0.2, 0.25) is 0 Å². The second-order valence-electron chi connectivity index (χ2n) is 11.0. The summed E-state index contributed by atoms with van der Waals surface area (Å²) in [6.07, 6.45) is 3.99. The Morgan fingerprint density at radius 1 is 1.05 bits per heavy atom. The Labute approximate surface area is 230 Å². The highest BCUT2D eigenvalue weighted by atomic mass is 32.2. The van der Waals surface area contributed by atoms with E-state index in [9.17, 15) is 17.6 Å². The Morgan fingerprint density at radius 2 is 1.82 bits per heavy atom. The molecule has 2 heterocycles. The number of nitrogens with zero attached hydrogens (tertiary/aromatic N) is 3. The van der Waals surface area contributed by atoms with Gasteiger partial charge < -0.3 is 14.4 Å². The summed E-state index contributed by atoms with van der Waals surface area (Å²) in [5, 5.41) is 0. The second kappa shape index (κ2) is 11.8. The van der Waals surface area contributed by atoms with Crippen LogP contribution in [0.15, 0.2) is 53.4 Å². The zero-order chi connectivity index (χ0) is 27.6. The summed E-state index contributed by atoms with van der Waals surface area (Å²) < 4.78 is 54.7. The summed E-state index contributed by atoms with van der Waals surface area (Å²) in [5.74, 6) is 0.926. The molecular formula is C29H38FN3O5S.